The van der Waals surface area contributed by atoms with Gasteiger partial charge in [-0.3, -0.25) is 0 Å². The van der Waals surface area contributed by atoms with Crippen LogP contribution in [-0.4, -0.2) is 16.6 Å². The van der Waals surface area contributed by atoms with Crippen LogP contribution in [0.25, 0.3) is 11.4 Å². The second-order valence-electron chi connectivity index (χ2n) is 9.22. The van der Waals surface area contributed by atoms with Crippen molar-refractivity contribution >= 4 is 0 Å². The fourth-order valence-corrected chi connectivity index (χ4v) is 4.45. The summed E-state index contributed by atoms with van der Waals surface area (Å²) in [5, 5.41) is 0. The average Bonchev–Trinajstić information content (AvgIpc) is 2.79. The second kappa shape index (κ2) is 12.7. The molecular formula is C27H40N2O. The van der Waals surface area contributed by atoms with Gasteiger partial charge in [0.2, 0.25) is 0 Å². The van der Waals surface area contributed by atoms with Crippen molar-refractivity contribution in [1.82, 2.24) is 9.97 Å². The van der Waals surface area contributed by atoms with Gasteiger partial charge in [0.1, 0.15) is 5.75 Å². The summed E-state index contributed by atoms with van der Waals surface area (Å²) < 4.78 is 5.96. The molecule has 3 heteroatoms. The van der Waals surface area contributed by atoms with E-state index in [2.05, 4.69) is 35.9 Å². The first-order chi connectivity index (χ1) is 14.7. The van der Waals surface area contributed by atoms with Crippen molar-refractivity contribution in [2.45, 2.75) is 90.9 Å². The lowest BCUT2D eigenvalue weighted by molar-refractivity contribution is 0.245. The zero-order valence-corrected chi connectivity index (χ0v) is 19.1. The summed E-state index contributed by atoms with van der Waals surface area (Å²) in [4.78, 5) is 9.15. The first-order valence-electron chi connectivity index (χ1n) is 12.3. The molecule has 0 unspecified atom stereocenters. The van der Waals surface area contributed by atoms with Gasteiger partial charge in [0.25, 0.3) is 0 Å². The van der Waals surface area contributed by atoms with E-state index in [1.165, 1.54) is 69.8 Å². The molecule has 1 saturated carbocycles. The van der Waals surface area contributed by atoms with Gasteiger partial charge >= 0.3 is 0 Å². The van der Waals surface area contributed by atoms with Gasteiger partial charge in [-0.25, -0.2) is 9.97 Å². The molecular weight excluding hydrogens is 368 g/mol. The maximum absolute atomic E-state index is 5.96. The van der Waals surface area contributed by atoms with Crippen molar-refractivity contribution in [1.29, 1.82) is 0 Å². The van der Waals surface area contributed by atoms with Crippen LogP contribution in [0, 0.1) is 11.8 Å². The predicted molar refractivity (Wildman–Crippen MR) is 126 cm³/mol. The van der Waals surface area contributed by atoms with Gasteiger partial charge in [0.15, 0.2) is 5.82 Å². The molecule has 1 aliphatic carbocycles. The van der Waals surface area contributed by atoms with Crippen LogP contribution < -0.4 is 4.74 Å². The summed E-state index contributed by atoms with van der Waals surface area (Å²) in [5.41, 5.74) is 2.29. The van der Waals surface area contributed by atoms with Gasteiger partial charge < -0.3 is 4.74 Å². The van der Waals surface area contributed by atoms with Gasteiger partial charge in [-0.15, -0.1) is 0 Å². The number of nitrogens with zero attached hydrogens (tertiary/aromatic N) is 2. The summed E-state index contributed by atoms with van der Waals surface area (Å²) in [6, 6.07) is 8.22. The van der Waals surface area contributed by atoms with Gasteiger partial charge in [-0.1, -0.05) is 65.2 Å². The van der Waals surface area contributed by atoms with Crippen LogP contribution in [0.15, 0.2) is 36.7 Å². The summed E-state index contributed by atoms with van der Waals surface area (Å²) >= 11 is 0. The standard InChI is InChI=1S/C27H40N2O/c1-3-4-5-6-7-9-24-20-28-27(29-21-24)25-15-17-26(18-16-25)30-19-8-10-23-13-11-22(2)12-14-23/h15-18,20-23H,3-14,19H2,1-2H3. The molecule has 0 saturated heterocycles. The molecule has 2 aromatic rings. The number of aryl methyl sites for hydroxylation is 1. The van der Waals surface area contributed by atoms with E-state index in [0.717, 1.165) is 48.4 Å². The number of aromatic nitrogens is 2. The van der Waals surface area contributed by atoms with Crippen LogP contribution in [-0.2, 0) is 6.42 Å². The molecule has 0 N–H and O–H groups in total. The first-order valence-corrected chi connectivity index (χ1v) is 12.3. The van der Waals surface area contributed by atoms with Crippen molar-refractivity contribution < 1.29 is 4.74 Å². The lowest BCUT2D eigenvalue weighted by Gasteiger charge is -2.25. The Kier molecular flexibility index (Phi) is 9.66. The van der Waals surface area contributed by atoms with Crippen molar-refractivity contribution in [3.05, 3.63) is 42.2 Å². The van der Waals surface area contributed by atoms with Gasteiger partial charge in [0, 0.05) is 18.0 Å². The van der Waals surface area contributed by atoms with Crippen molar-refractivity contribution in [2.75, 3.05) is 6.61 Å². The summed E-state index contributed by atoms with van der Waals surface area (Å²) in [6.07, 6.45) is 19.7. The fraction of sp³-hybridized carbons (Fsp3) is 0.630. The third kappa shape index (κ3) is 7.74. The number of benzene rings is 1. The lowest BCUT2D eigenvalue weighted by Crippen LogP contribution is -2.13. The Morgan fingerprint density at radius 3 is 2.27 bits per heavy atom. The van der Waals surface area contributed by atoms with E-state index in [1.54, 1.807) is 0 Å². The highest BCUT2D eigenvalue weighted by molar-refractivity contribution is 5.55. The summed E-state index contributed by atoms with van der Waals surface area (Å²) in [7, 11) is 0. The lowest BCUT2D eigenvalue weighted by atomic mass is 9.81. The van der Waals surface area contributed by atoms with E-state index < -0.39 is 0 Å². The van der Waals surface area contributed by atoms with Crippen LogP contribution in [0.2, 0.25) is 0 Å². The molecule has 1 aromatic heterocycles. The molecule has 1 fully saturated rings. The van der Waals surface area contributed by atoms with Crippen molar-refractivity contribution in [3.63, 3.8) is 0 Å². The minimum absolute atomic E-state index is 0.794. The van der Waals surface area contributed by atoms with E-state index in [1.807, 2.05) is 24.5 Å². The predicted octanol–water partition coefficient (Wildman–Crippen LogP) is 7.64. The van der Waals surface area contributed by atoms with Crippen molar-refractivity contribution in [3.8, 4) is 17.1 Å². The number of hydrogen-bond donors (Lipinski definition) is 0. The van der Waals surface area contributed by atoms with Crippen molar-refractivity contribution in [2.24, 2.45) is 11.8 Å². The molecule has 30 heavy (non-hydrogen) atoms. The Morgan fingerprint density at radius 2 is 1.57 bits per heavy atom. The van der Waals surface area contributed by atoms with Crippen LogP contribution in [0.4, 0.5) is 0 Å². The molecule has 1 aliphatic rings. The number of rotatable bonds is 12. The van der Waals surface area contributed by atoms with Gasteiger partial charge in [0.05, 0.1) is 6.61 Å². The van der Waals surface area contributed by atoms with Crippen LogP contribution >= 0.6 is 0 Å². The highest BCUT2D eigenvalue weighted by atomic mass is 16.5. The molecule has 0 atom stereocenters. The van der Waals surface area contributed by atoms with E-state index in [4.69, 9.17) is 4.74 Å². The Hall–Kier alpha value is -1.90. The van der Waals surface area contributed by atoms with E-state index in [9.17, 15) is 0 Å². The molecule has 0 spiro atoms. The van der Waals surface area contributed by atoms with E-state index in [-0.39, 0.29) is 0 Å². The van der Waals surface area contributed by atoms with Crippen LogP contribution in [0.1, 0.15) is 90.0 Å². The minimum atomic E-state index is 0.794. The molecule has 0 bridgehead atoms. The number of unbranched alkanes of at least 4 members (excludes halogenated alkanes) is 4. The van der Waals surface area contributed by atoms with E-state index in [0.29, 0.717) is 0 Å². The first kappa shape index (κ1) is 22.8. The topological polar surface area (TPSA) is 35.0 Å². The Bertz CT molecular complexity index is 703. The molecule has 1 heterocycles. The zero-order valence-electron chi connectivity index (χ0n) is 19.1. The van der Waals surface area contributed by atoms with Crippen LogP contribution in [0.3, 0.4) is 0 Å². The molecule has 0 radical (unpaired) electrons. The number of hydrogen-bond acceptors (Lipinski definition) is 3. The maximum Gasteiger partial charge on any atom is 0.159 e. The SMILES string of the molecule is CCCCCCCc1cnc(-c2ccc(OCCCC3CCC(C)CC3)cc2)nc1. The molecule has 164 valence electrons. The molecule has 1 aromatic carbocycles. The van der Waals surface area contributed by atoms with E-state index >= 15 is 0 Å². The molecule has 0 amide bonds. The Morgan fingerprint density at radius 1 is 0.867 bits per heavy atom. The van der Waals surface area contributed by atoms with Crippen LogP contribution in [0.5, 0.6) is 5.75 Å². The zero-order chi connectivity index (χ0) is 21.0. The summed E-state index contributed by atoms with van der Waals surface area (Å²) in [5.74, 6) is 3.60. The monoisotopic (exact) mass is 408 g/mol. The maximum atomic E-state index is 5.96. The third-order valence-electron chi connectivity index (χ3n) is 6.55. The Balaban J connectivity index is 1.37. The second-order valence-corrected chi connectivity index (χ2v) is 9.22. The minimum Gasteiger partial charge on any atom is -0.494 e. The highest BCUT2D eigenvalue weighted by Crippen LogP contribution is 2.31. The Labute approximate surface area is 183 Å². The average molecular weight is 409 g/mol. The smallest absolute Gasteiger partial charge is 0.159 e. The highest BCUT2D eigenvalue weighted by Gasteiger charge is 2.17. The van der Waals surface area contributed by atoms with Gasteiger partial charge in [-0.05, 0) is 67.3 Å². The third-order valence-corrected chi connectivity index (χ3v) is 6.55. The summed E-state index contributed by atoms with van der Waals surface area (Å²) in [6.45, 7) is 5.45. The fourth-order valence-electron chi connectivity index (χ4n) is 4.45. The normalized spacial score (nSPS) is 19.0. The quantitative estimate of drug-likeness (QED) is 0.338. The molecule has 3 nitrogen and oxygen atoms in total. The molecule has 3 rings (SSSR count). The molecule has 0 aliphatic heterocycles. The number of ether oxygens (including phenoxy) is 1. The largest absolute Gasteiger partial charge is 0.494 e. The van der Waals surface area contributed by atoms with Gasteiger partial charge in [-0.2, -0.15) is 0 Å².